The molecule has 228 valence electrons. The molecule has 2 amide bonds. The summed E-state index contributed by atoms with van der Waals surface area (Å²) in [7, 11) is 0. The van der Waals surface area contributed by atoms with E-state index in [1.54, 1.807) is 38.3 Å². The van der Waals surface area contributed by atoms with Crippen LogP contribution in [0, 0.1) is 17.7 Å². The van der Waals surface area contributed by atoms with Crippen molar-refractivity contribution in [1.29, 1.82) is 0 Å². The number of aliphatic imine (C=N–C) groups is 1. The van der Waals surface area contributed by atoms with Crippen molar-refractivity contribution in [3.63, 3.8) is 0 Å². The molecule has 43 heavy (non-hydrogen) atoms. The summed E-state index contributed by atoms with van der Waals surface area (Å²) < 4.78 is 19.6. The smallest absolute Gasteiger partial charge is 0.250 e. The number of ether oxygens (including phenoxy) is 1. The maximum absolute atomic E-state index is 13.9. The molecular formula is C34H41FN4O4. The summed E-state index contributed by atoms with van der Waals surface area (Å²) in [5.41, 5.74) is 7.50. The molecule has 4 N–H and O–H groups in total. The molecule has 2 aromatic rings. The minimum Gasteiger partial charge on any atom is -0.374 e. The quantitative estimate of drug-likeness (QED) is 0.324. The maximum Gasteiger partial charge on any atom is 0.250 e. The highest BCUT2D eigenvalue weighted by atomic mass is 19.1. The molecule has 2 aromatic carbocycles. The number of Topliss-reactive ketones (excluding diaryl/α,β-unsaturated/α-hetero) is 1. The molecule has 1 fully saturated rings. The van der Waals surface area contributed by atoms with Gasteiger partial charge in [-0.1, -0.05) is 62.2 Å². The maximum atomic E-state index is 13.9. The lowest BCUT2D eigenvalue weighted by Gasteiger charge is -2.27. The fraction of sp³-hybridized carbons (Fsp3) is 0.412. The second kappa shape index (κ2) is 14.5. The molecule has 0 saturated heterocycles. The van der Waals surface area contributed by atoms with Crippen molar-refractivity contribution < 1.29 is 23.5 Å². The Morgan fingerprint density at radius 3 is 2.37 bits per heavy atom. The summed E-state index contributed by atoms with van der Waals surface area (Å²) in [5, 5.41) is 5.46. The fourth-order valence-corrected chi connectivity index (χ4v) is 5.18. The number of amides is 2. The van der Waals surface area contributed by atoms with E-state index in [-0.39, 0.29) is 36.6 Å². The number of nitrogens with two attached hydrogens (primary N) is 1. The van der Waals surface area contributed by atoms with E-state index in [1.807, 2.05) is 30.3 Å². The van der Waals surface area contributed by atoms with Crippen molar-refractivity contribution in [3.8, 4) is 0 Å². The number of rotatable bonds is 11. The highest BCUT2D eigenvalue weighted by Crippen LogP contribution is 2.35. The van der Waals surface area contributed by atoms with Gasteiger partial charge in [-0.2, -0.15) is 0 Å². The first-order chi connectivity index (χ1) is 20.5. The molecule has 0 spiro atoms. The molecule has 1 saturated carbocycles. The van der Waals surface area contributed by atoms with Crippen LogP contribution in [-0.4, -0.2) is 42.0 Å². The van der Waals surface area contributed by atoms with Gasteiger partial charge in [0, 0.05) is 24.1 Å². The highest BCUT2D eigenvalue weighted by molar-refractivity contribution is 6.23. The Labute approximate surface area is 252 Å². The summed E-state index contributed by atoms with van der Waals surface area (Å²) in [6.45, 7) is 5.46. The number of hydrogen-bond acceptors (Lipinski definition) is 6. The number of nitrogens with one attached hydrogen (secondary N) is 2. The molecule has 9 heteroatoms. The Morgan fingerprint density at radius 2 is 1.72 bits per heavy atom. The third-order valence-electron chi connectivity index (χ3n) is 7.79. The van der Waals surface area contributed by atoms with Crippen molar-refractivity contribution in [2.75, 3.05) is 6.61 Å². The summed E-state index contributed by atoms with van der Waals surface area (Å²) in [6.07, 6.45) is 7.27. The van der Waals surface area contributed by atoms with E-state index in [1.165, 1.54) is 12.1 Å². The van der Waals surface area contributed by atoms with E-state index < -0.39 is 23.4 Å². The van der Waals surface area contributed by atoms with Crippen molar-refractivity contribution in [1.82, 2.24) is 10.6 Å². The van der Waals surface area contributed by atoms with E-state index in [0.717, 1.165) is 31.2 Å². The highest BCUT2D eigenvalue weighted by Gasteiger charge is 2.31. The van der Waals surface area contributed by atoms with Crippen LogP contribution < -0.4 is 16.4 Å². The molecule has 1 heterocycles. The fourth-order valence-electron chi connectivity index (χ4n) is 5.18. The van der Waals surface area contributed by atoms with Gasteiger partial charge in [-0.3, -0.25) is 14.4 Å². The lowest BCUT2D eigenvalue weighted by atomic mass is 9.77. The number of carbonyl (C=O) groups excluding carboxylic acids is 3. The monoisotopic (exact) mass is 588 g/mol. The Kier molecular flexibility index (Phi) is 10.8. The van der Waals surface area contributed by atoms with Crippen LogP contribution in [0.2, 0.25) is 0 Å². The van der Waals surface area contributed by atoms with E-state index in [2.05, 4.69) is 22.5 Å². The summed E-state index contributed by atoms with van der Waals surface area (Å²) >= 11 is 0. The van der Waals surface area contributed by atoms with Gasteiger partial charge in [-0.05, 0) is 67.5 Å². The summed E-state index contributed by atoms with van der Waals surface area (Å²) in [5.74, 6) is -0.709. The van der Waals surface area contributed by atoms with Crippen LogP contribution in [0.4, 0.5) is 4.39 Å². The van der Waals surface area contributed by atoms with Crippen LogP contribution in [0.1, 0.15) is 64.0 Å². The van der Waals surface area contributed by atoms with E-state index in [9.17, 15) is 18.8 Å². The van der Waals surface area contributed by atoms with Crippen molar-refractivity contribution in [3.05, 3.63) is 89.0 Å². The molecule has 1 aliphatic heterocycles. The molecule has 2 aliphatic rings. The first-order valence-corrected chi connectivity index (χ1v) is 14.8. The second-order valence-electron chi connectivity index (χ2n) is 12.0. The number of carbonyl (C=O) groups is 3. The molecule has 0 aromatic heterocycles. The first kappa shape index (κ1) is 32.0. The molecule has 1 aliphatic carbocycles. The minimum atomic E-state index is -1.21. The molecule has 0 bridgehead atoms. The number of hydrogen-bond donors (Lipinski definition) is 3. The van der Waals surface area contributed by atoms with E-state index in [0.29, 0.717) is 29.0 Å². The number of benzene rings is 2. The van der Waals surface area contributed by atoms with Gasteiger partial charge in [0.1, 0.15) is 17.7 Å². The van der Waals surface area contributed by atoms with Gasteiger partial charge in [0.25, 0.3) is 5.91 Å². The summed E-state index contributed by atoms with van der Waals surface area (Å²) in [4.78, 5) is 44.4. The molecular weight excluding hydrogens is 547 g/mol. The Morgan fingerprint density at radius 1 is 1.05 bits per heavy atom. The standard InChI is InChI=1S/C34H41FN4O4/c1-22-9-11-25(12-10-22)31(40)30(24-13-15-27(35)16-14-24)26-17-18-37-29(19-26)39-32(41)28(38-33(42)34(2,3)36)21-43-20-23-7-5-4-6-8-23/h4-8,13-16,18-19,22,25,28H,9-12,17,20-21,36H2,1-3H3,(H,38,42)(H,39,41)/b30-26-/t22?,25?,28-/m1/s1. The zero-order chi connectivity index (χ0) is 31.0. The number of halogens is 1. The Balaban J connectivity index is 1.57. The van der Waals surface area contributed by atoms with Gasteiger partial charge < -0.3 is 21.1 Å². The van der Waals surface area contributed by atoms with E-state index >= 15 is 0 Å². The topological polar surface area (TPSA) is 123 Å². The molecule has 1 atom stereocenters. The lowest BCUT2D eigenvalue weighted by molar-refractivity contribution is -0.132. The molecule has 4 rings (SSSR count). The van der Waals surface area contributed by atoms with Crippen LogP contribution in [0.25, 0.3) is 5.57 Å². The number of nitrogens with zero attached hydrogens (tertiary/aromatic N) is 1. The second-order valence-corrected chi connectivity index (χ2v) is 12.0. The summed E-state index contributed by atoms with van der Waals surface area (Å²) in [6, 6.07) is 14.3. The Hall–Kier alpha value is -3.95. The number of allylic oxidation sites excluding steroid dienone is 3. The molecule has 8 nitrogen and oxygen atoms in total. The first-order valence-electron chi connectivity index (χ1n) is 14.8. The predicted octanol–water partition coefficient (Wildman–Crippen LogP) is 4.85. The van der Waals surface area contributed by atoms with Crippen LogP contribution in [0.5, 0.6) is 0 Å². The van der Waals surface area contributed by atoms with Gasteiger partial charge in [0.2, 0.25) is 5.91 Å². The predicted molar refractivity (Wildman–Crippen MR) is 165 cm³/mol. The Bertz CT molecular complexity index is 1390. The molecule has 0 radical (unpaired) electrons. The minimum absolute atomic E-state index is 0.0235. The zero-order valence-corrected chi connectivity index (χ0v) is 25.1. The molecule has 0 unspecified atom stereocenters. The average molecular weight is 589 g/mol. The van der Waals surface area contributed by atoms with Crippen LogP contribution >= 0.6 is 0 Å². The van der Waals surface area contributed by atoms with Crippen molar-refractivity contribution >= 4 is 29.4 Å². The van der Waals surface area contributed by atoms with Gasteiger partial charge in [-0.15, -0.1) is 0 Å². The van der Waals surface area contributed by atoms with Crippen LogP contribution in [0.15, 0.2) is 77.1 Å². The van der Waals surface area contributed by atoms with Crippen molar-refractivity contribution in [2.45, 2.75) is 71.1 Å². The largest absolute Gasteiger partial charge is 0.374 e. The zero-order valence-electron chi connectivity index (χ0n) is 25.1. The van der Waals surface area contributed by atoms with Crippen molar-refractivity contribution in [2.24, 2.45) is 22.6 Å². The third kappa shape index (κ3) is 9.02. The van der Waals surface area contributed by atoms with Gasteiger partial charge >= 0.3 is 0 Å². The van der Waals surface area contributed by atoms with E-state index in [4.69, 9.17) is 10.5 Å². The van der Waals surface area contributed by atoms with Crippen LogP contribution in [-0.2, 0) is 25.7 Å². The normalized spacial score (nSPS) is 20.5. The number of ketones is 1. The SMILES string of the molecule is CC1CCC(C(=O)/C(=C2\C=C(NC(=O)[C@@H](COCc3ccccc3)NC(=O)C(C)(C)N)N=CC2)c2ccc(F)cc2)CC1. The van der Waals surface area contributed by atoms with Gasteiger partial charge in [0.15, 0.2) is 5.78 Å². The van der Waals surface area contributed by atoms with Gasteiger partial charge in [0.05, 0.1) is 18.8 Å². The lowest BCUT2D eigenvalue weighted by Crippen LogP contribution is -2.57. The third-order valence-corrected chi connectivity index (χ3v) is 7.79. The van der Waals surface area contributed by atoms with Crippen LogP contribution in [0.3, 0.4) is 0 Å². The van der Waals surface area contributed by atoms with Gasteiger partial charge in [-0.25, -0.2) is 9.38 Å². The average Bonchev–Trinajstić information content (AvgIpc) is 2.98.